The summed E-state index contributed by atoms with van der Waals surface area (Å²) in [5.74, 6) is -0.00504. The third kappa shape index (κ3) is 3.11. The van der Waals surface area contributed by atoms with E-state index in [2.05, 4.69) is 6.92 Å². The lowest BCUT2D eigenvalue weighted by atomic mass is 9.84. The molecule has 1 aromatic carbocycles. The van der Waals surface area contributed by atoms with Crippen molar-refractivity contribution in [1.29, 1.82) is 0 Å². The lowest BCUT2D eigenvalue weighted by molar-refractivity contribution is 0.0670. The quantitative estimate of drug-likeness (QED) is 0.861. The second-order valence-electron chi connectivity index (χ2n) is 5.74. The number of nitrogens with zero attached hydrogens (tertiary/aromatic N) is 1. The zero-order chi connectivity index (χ0) is 14.7. The Morgan fingerprint density at radius 2 is 2.00 bits per heavy atom. The Labute approximate surface area is 120 Å². The Bertz CT molecular complexity index is 481. The minimum absolute atomic E-state index is 0.110. The van der Waals surface area contributed by atoms with Crippen LogP contribution < -0.4 is 5.73 Å². The summed E-state index contributed by atoms with van der Waals surface area (Å²) in [6.07, 6.45) is 5.54. The molecule has 1 saturated carbocycles. The molecule has 1 aromatic rings. The fraction of sp³-hybridized carbons (Fsp3) is 0.562. The summed E-state index contributed by atoms with van der Waals surface area (Å²) in [6, 6.07) is 4.47. The molecule has 2 N–H and O–H groups in total. The smallest absolute Gasteiger partial charge is 0.256 e. The molecule has 1 aliphatic rings. The molecular formula is C16H23FN2O. The molecule has 110 valence electrons. The molecule has 0 aromatic heterocycles. The average Bonchev–Trinajstić information content (AvgIpc) is 2.46. The molecule has 0 spiro atoms. The van der Waals surface area contributed by atoms with Crippen LogP contribution in [-0.4, -0.2) is 23.9 Å². The van der Waals surface area contributed by atoms with E-state index in [0.29, 0.717) is 5.69 Å². The van der Waals surface area contributed by atoms with Crippen LogP contribution in [0.25, 0.3) is 0 Å². The van der Waals surface area contributed by atoms with Gasteiger partial charge in [0.2, 0.25) is 0 Å². The normalized spacial score (nSPS) is 22.6. The third-order valence-electron chi connectivity index (χ3n) is 4.49. The first-order valence-corrected chi connectivity index (χ1v) is 7.35. The van der Waals surface area contributed by atoms with E-state index in [1.54, 1.807) is 18.0 Å². The van der Waals surface area contributed by atoms with Gasteiger partial charge in [0.1, 0.15) is 5.82 Å². The van der Waals surface area contributed by atoms with Crippen LogP contribution in [0.2, 0.25) is 0 Å². The van der Waals surface area contributed by atoms with Crippen molar-refractivity contribution < 1.29 is 9.18 Å². The monoisotopic (exact) mass is 278 g/mol. The molecule has 0 saturated heterocycles. The lowest BCUT2D eigenvalue weighted by Crippen LogP contribution is -2.39. The number of hydrogen-bond acceptors (Lipinski definition) is 2. The van der Waals surface area contributed by atoms with Gasteiger partial charge in [0.05, 0.1) is 5.56 Å². The van der Waals surface area contributed by atoms with Gasteiger partial charge in [0, 0.05) is 18.8 Å². The van der Waals surface area contributed by atoms with Crippen LogP contribution in [0.15, 0.2) is 18.2 Å². The van der Waals surface area contributed by atoms with Crippen LogP contribution >= 0.6 is 0 Å². The van der Waals surface area contributed by atoms with Crippen molar-refractivity contribution >= 4 is 11.6 Å². The molecule has 0 aliphatic heterocycles. The van der Waals surface area contributed by atoms with E-state index in [-0.39, 0.29) is 17.5 Å². The summed E-state index contributed by atoms with van der Waals surface area (Å²) in [5.41, 5.74) is 5.96. The van der Waals surface area contributed by atoms with Gasteiger partial charge in [0.25, 0.3) is 5.91 Å². The number of anilines is 1. The first-order valence-electron chi connectivity index (χ1n) is 7.35. The number of rotatable bonds is 3. The van der Waals surface area contributed by atoms with Gasteiger partial charge in [-0.25, -0.2) is 4.39 Å². The minimum Gasteiger partial charge on any atom is -0.399 e. The molecule has 1 fully saturated rings. The van der Waals surface area contributed by atoms with Crippen LogP contribution in [-0.2, 0) is 0 Å². The summed E-state index contributed by atoms with van der Waals surface area (Å²) in [5, 5.41) is 0. The molecule has 3 nitrogen and oxygen atoms in total. The van der Waals surface area contributed by atoms with Crippen molar-refractivity contribution in [1.82, 2.24) is 4.90 Å². The SMILES string of the molecule is CCC1CCC(N(C)C(=O)c2ccc(N)cc2F)CC1. The molecule has 0 unspecified atom stereocenters. The highest BCUT2D eigenvalue weighted by Crippen LogP contribution is 2.29. The van der Waals surface area contributed by atoms with Gasteiger partial charge in [-0.3, -0.25) is 4.79 Å². The Morgan fingerprint density at radius 3 is 2.55 bits per heavy atom. The fourth-order valence-corrected chi connectivity index (χ4v) is 3.00. The van der Waals surface area contributed by atoms with Crippen LogP contribution in [0, 0.1) is 11.7 Å². The summed E-state index contributed by atoms with van der Waals surface area (Å²) in [4.78, 5) is 14.1. The maximum Gasteiger partial charge on any atom is 0.256 e. The summed E-state index contributed by atoms with van der Waals surface area (Å²) < 4.78 is 13.8. The first kappa shape index (κ1) is 14.8. The molecule has 0 atom stereocenters. The number of nitrogens with two attached hydrogens (primary N) is 1. The van der Waals surface area contributed by atoms with Crippen molar-refractivity contribution in [2.75, 3.05) is 12.8 Å². The second-order valence-corrected chi connectivity index (χ2v) is 5.74. The summed E-state index contributed by atoms with van der Waals surface area (Å²) in [7, 11) is 1.77. The van der Waals surface area contributed by atoms with E-state index >= 15 is 0 Å². The van der Waals surface area contributed by atoms with Crippen molar-refractivity contribution in [2.24, 2.45) is 5.92 Å². The minimum atomic E-state index is -0.538. The van der Waals surface area contributed by atoms with Gasteiger partial charge in [-0.05, 0) is 49.8 Å². The maximum atomic E-state index is 13.8. The number of nitrogen functional groups attached to an aromatic ring is 1. The van der Waals surface area contributed by atoms with Gasteiger partial charge >= 0.3 is 0 Å². The lowest BCUT2D eigenvalue weighted by Gasteiger charge is -2.34. The van der Waals surface area contributed by atoms with Gasteiger partial charge in [-0.1, -0.05) is 13.3 Å². The third-order valence-corrected chi connectivity index (χ3v) is 4.49. The fourth-order valence-electron chi connectivity index (χ4n) is 3.00. The van der Waals surface area contributed by atoms with Crippen molar-refractivity contribution in [3.8, 4) is 0 Å². The number of hydrogen-bond donors (Lipinski definition) is 1. The van der Waals surface area contributed by atoms with Crippen molar-refractivity contribution in [2.45, 2.75) is 45.1 Å². The summed E-state index contributed by atoms with van der Waals surface area (Å²) >= 11 is 0. The Hall–Kier alpha value is -1.58. The number of carbonyl (C=O) groups excluding carboxylic acids is 1. The molecule has 0 radical (unpaired) electrons. The average molecular weight is 278 g/mol. The number of benzene rings is 1. The van der Waals surface area contributed by atoms with Crippen molar-refractivity contribution in [3.63, 3.8) is 0 Å². The van der Waals surface area contributed by atoms with Crippen LogP contribution in [0.4, 0.5) is 10.1 Å². The van der Waals surface area contributed by atoms with E-state index in [9.17, 15) is 9.18 Å². The van der Waals surface area contributed by atoms with E-state index in [1.165, 1.54) is 18.6 Å². The molecule has 1 amide bonds. The number of amides is 1. The highest BCUT2D eigenvalue weighted by Gasteiger charge is 2.27. The number of halogens is 1. The van der Waals surface area contributed by atoms with Crippen LogP contribution in [0.1, 0.15) is 49.4 Å². The van der Waals surface area contributed by atoms with E-state index in [1.807, 2.05) is 0 Å². The Kier molecular flexibility index (Phi) is 4.63. The molecule has 0 bridgehead atoms. The molecule has 2 rings (SSSR count). The highest BCUT2D eigenvalue weighted by atomic mass is 19.1. The predicted molar refractivity (Wildman–Crippen MR) is 78.9 cm³/mol. The van der Waals surface area contributed by atoms with E-state index in [4.69, 9.17) is 5.73 Å². The largest absolute Gasteiger partial charge is 0.399 e. The molecule has 1 aliphatic carbocycles. The zero-order valence-electron chi connectivity index (χ0n) is 12.2. The summed E-state index contributed by atoms with van der Waals surface area (Å²) in [6.45, 7) is 2.21. The Balaban J connectivity index is 2.05. The molecule has 20 heavy (non-hydrogen) atoms. The van der Waals surface area contributed by atoms with Gasteiger partial charge < -0.3 is 10.6 Å². The van der Waals surface area contributed by atoms with Crippen LogP contribution in [0.5, 0.6) is 0 Å². The highest BCUT2D eigenvalue weighted by molar-refractivity contribution is 5.94. The predicted octanol–water partition coefficient (Wildman–Crippen LogP) is 3.45. The molecule has 4 heteroatoms. The molecular weight excluding hydrogens is 255 g/mol. The van der Waals surface area contributed by atoms with Gasteiger partial charge in [0.15, 0.2) is 0 Å². The van der Waals surface area contributed by atoms with E-state index in [0.717, 1.165) is 31.6 Å². The van der Waals surface area contributed by atoms with Crippen LogP contribution in [0.3, 0.4) is 0 Å². The van der Waals surface area contributed by atoms with Gasteiger partial charge in [-0.15, -0.1) is 0 Å². The van der Waals surface area contributed by atoms with Crippen molar-refractivity contribution in [3.05, 3.63) is 29.6 Å². The maximum absolute atomic E-state index is 13.8. The van der Waals surface area contributed by atoms with E-state index < -0.39 is 5.82 Å². The van der Waals surface area contributed by atoms with Gasteiger partial charge in [-0.2, -0.15) is 0 Å². The topological polar surface area (TPSA) is 46.3 Å². The Morgan fingerprint density at radius 1 is 1.35 bits per heavy atom. The zero-order valence-corrected chi connectivity index (χ0v) is 12.2. The second kappa shape index (κ2) is 6.25. The standard InChI is InChI=1S/C16H23FN2O/c1-3-11-4-7-13(8-5-11)19(2)16(20)14-9-6-12(18)10-15(14)17/h6,9-11,13H,3-5,7-8,18H2,1-2H3. The number of carbonyl (C=O) groups is 1. The first-order chi connectivity index (χ1) is 9.52. The molecule has 0 heterocycles.